The van der Waals surface area contributed by atoms with E-state index < -0.39 is 0 Å². The van der Waals surface area contributed by atoms with Crippen LogP contribution in [0.1, 0.15) is 11.1 Å². The van der Waals surface area contributed by atoms with Gasteiger partial charge in [-0.05, 0) is 42.2 Å². The van der Waals surface area contributed by atoms with Gasteiger partial charge in [-0.15, -0.1) is 0 Å². The highest BCUT2D eigenvalue weighted by Gasteiger charge is 2.41. The van der Waals surface area contributed by atoms with E-state index in [1.165, 1.54) is 22.5 Å². The second kappa shape index (κ2) is 8.84. The highest BCUT2D eigenvalue weighted by Crippen LogP contribution is 2.36. The molecule has 1 saturated heterocycles. The summed E-state index contributed by atoms with van der Waals surface area (Å²) in [4.78, 5) is 18.2. The van der Waals surface area contributed by atoms with Crippen molar-refractivity contribution in [2.24, 2.45) is 5.92 Å². The van der Waals surface area contributed by atoms with E-state index in [4.69, 9.17) is 0 Å². The van der Waals surface area contributed by atoms with Crippen molar-refractivity contribution in [1.29, 1.82) is 0 Å². The van der Waals surface area contributed by atoms with E-state index in [-0.39, 0.29) is 17.9 Å². The number of anilines is 2. The van der Waals surface area contributed by atoms with Gasteiger partial charge in [-0.3, -0.25) is 4.79 Å². The Bertz CT molecular complexity index is 1020. The number of rotatable bonds is 5. The monoisotopic (exact) mass is 411 g/mol. The average molecular weight is 412 g/mol. The number of nitrogens with one attached hydrogen (secondary N) is 1. The molecule has 2 atom stereocenters. The third-order valence-electron chi connectivity index (χ3n) is 6.64. The molecule has 158 valence electrons. The number of piperazine rings is 1. The summed E-state index contributed by atoms with van der Waals surface area (Å²) in [7, 11) is 0. The Morgan fingerprint density at radius 2 is 1.58 bits per heavy atom. The van der Waals surface area contributed by atoms with Crippen molar-refractivity contribution in [3.63, 3.8) is 0 Å². The molecule has 1 fully saturated rings. The van der Waals surface area contributed by atoms with E-state index in [0.717, 1.165) is 32.5 Å². The standard InChI is InChI=1S/C27H29N3O/c31-27(28-16-15-21-9-3-1-4-10-21)24-19-22-11-7-8-14-25(22)30-18-17-29(20-26(24)30)23-12-5-2-6-13-23/h1-14,24,26H,15-20H2,(H,28,31)/t24-,26+/m1/s1. The van der Waals surface area contributed by atoms with E-state index in [9.17, 15) is 4.79 Å². The van der Waals surface area contributed by atoms with Gasteiger partial charge in [-0.25, -0.2) is 0 Å². The lowest BCUT2D eigenvalue weighted by Crippen LogP contribution is -2.61. The molecule has 2 aliphatic heterocycles. The van der Waals surface area contributed by atoms with Gasteiger partial charge in [0.2, 0.25) is 5.91 Å². The third kappa shape index (κ3) is 4.15. The normalized spacial score (nSPS) is 20.0. The van der Waals surface area contributed by atoms with Crippen LogP contribution < -0.4 is 15.1 Å². The van der Waals surface area contributed by atoms with Gasteiger partial charge < -0.3 is 15.1 Å². The van der Waals surface area contributed by atoms with Crippen LogP contribution in [0.15, 0.2) is 84.9 Å². The molecule has 0 bridgehead atoms. The summed E-state index contributed by atoms with van der Waals surface area (Å²) in [6.45, 7) is 3.45. The molecule has 2 heterocycles. The van der Waals surface area contributed by atoms with Crippen LogP contribution >= 0.6 is 0 Å². The minimum atomic E-state index is -0.0443. The minimum absolute atomic E-state index is 0.0443. The van der Waals surface area contributed by atoms with Crippen molar-refractivity contribution in [1.82, 2.24) is 5.32 Å². The molecule has 0 saturated carbocycles. The quantitative estimate of drug-likeness (QED) is 0.691. The molecule has 0 spiro atoms. The van der Waals surface area contributed by atoms with E-state index in [1.54, 1.807) is 0 Å². The Balaban J connectivity index is 1.34. The highest BCUT2D eigenvalue weighted by molar-refractivity contribution is 5.82. The minimum Gasteiger partial charge on any atom is -0.368 e. The summed E-state index contributed by atoms with van der Waals surface area (Å²) in [5, 5.41) is 3.24. The summed E-state index contributed by atoms with van der Waals surface area (Å²) in [5.74, 6) is 0.132. The Labute approximate surface area is 184 Å². The van der Waals surface area contributed by atoms with Crippen molar-refractivity contribution in [3.05, 3.63) is 96.1 Å². The van der Waals surface area contributed by atoms with Gasteiger partial charge in [0.15, 0.2) is 0 Å². The molecule has 1 amide bonds. The summed E-state index contributed by atoms with van der Waals surface area (Å²) in [5.41, 5.74) is 5.08. The average Bonchev–Trinajstić information content (AvgIpc) is 2.84. The van der Waals surface area contributed by atoms with E-state index >= 15 is 0 Å². The number of amides is 1. The summed E-state index contributed by atoms with van der Waals surface area (Å²) in [6, 6.07) is 29.7. The zero-order valence-electron chi connectivity index (χ0n) is 17.8. The van der Waals surface area contributed by atoms with Crippen molar-refractivity contribution in [3.8, 4) is 0 Å². The Hall–Kier alpha value is -3.27. The Morgan fingerprint density at radius 3 is 2.39 bits per heavy atom. The first-order valence-electron chi connectivity index (χ1n) is 11.3. The van der Waals surface area contributed by atoms with E-state index in [0.29, 0.717) is 6.54 Å². The Morgan fingerprint density at radius 1 is 0.871 bits per heavy atom. The maximum absolute atomic E-state index is 13.3. The number of nitrogens with zero attached hydrogens (tertiary/aromatic N) is 2. The molecule has 1 N–H and O–H groups in total. The molecule has 0 radical (unpaired) electrons. The molecule has 4 nitrogen and oxygen atoms in total. The smallest absolute Gasteiger partial charge is 0.225 e. The van der Waals surface area contributed by atoms with Gasteiger partial charge in [0.25, 0.3) is 0 Å². The van der Waals surface area contributed by atoms with Crippen LogP contribution in [0.25, 0.3) is 0 Å². The maximum Gasteiger partial charge on any atom is 0.225 e. The van der Waals surface area contributed by atoms with Crippen molar-refractivity contribution in [2.45, 2.75) is 18.9 Å². The van der Waals surface area contributed by atoms with Crippen LogP contribution in [0.5, 0.6) is 0 Å². The van der Waals surface area contributed by atoms with Crippen LogP contribution in [0.4, 0.5) is 11.4 Å². The van der Waals surface area contributed by atoms with E-state index in [2.05, 4.69) is 81.8 Å². The fourth-order valence-corrected chi connectivity index (χ4v) is 5.04. The summed E-state index contributed by atoms with van der Waals surface area (Å²) in [6.07, 6.45) is 1.66. The number of benzene rings is 3. The predicted octanol–water partition coefficient (Wildman–Crippen LogP) is 3.91. The molecule has 0 aliphatic carbocycles. The number of hydrogen-bond donors (Lipinski definition) is 1. The fourth-order valence-electron chi connectivity index (χ4n) is 5.04. The van der Waals surface area contributed by atoms with Gasteiger partial charge in [0.05, 0.1) is 12.0 Å². The molecule has 0 aromatic heterocycles. The van der Waals surface area contributed by atoms with Gasteiger partial charge >= 0.3 is 0 Å². The number of carbonyl (C=O) groups is 1. The van der Waals surface area contributed by atoms with Crippen molar-refractivity contribution < 1.29 is 4.79 Å². The number of carbonyl (C=O) groups excluding carboxylic acids is 1. The third-order valence-corrected chi connectivity index (χ3v) is 6.64. The molecule has 3 aromatic carbocycles. The van der Waals surface area contributed by atoms with Gasteiger partial charge in [0.1, 0.15) is 0 Å². The molecule has 2 aliphatic rings. The van der Waals surface area contributed by atoms with Crippen LogP contribution in [-0.2, 0) is 17.6 Å². The van der Waals surface area contributed by atoms with Crippen molar-refractivity contribution in [2.75, 3.05) is 36.0 Å². The first kappa shape index (κ1) is 19.7. The van der Waals surface area contributed by atoms with Crippen molar-refractivity contribution >= 4 is 17.3 Å². The highest BCUT2D eigenvalue weighted by atomic mass is 16.1. The molecule has 5 rings (SSSR count). The lowest BCUT2D eigenvalue weighted by Gasteiger charge is -2.49. The molecular weight excluding hydrogens is 382 g/mol. The van der Waals surface area contributed by atoms with Crippen LogP contribution in [0.2, 0.25) is 0 Å². The van der Waals surface area contributed by atoms with Crippen LogP contribution in [0, 0.1) is 5.92 Å². The van der Waals surface area contributed by atoms with Gasteiger partial charge in [-0.1, -0.05) is 66.7 Å². The Kier molecular flexibility index (Phi) is 5.61. The van der Waals surface area contributed by atoms with E-state index in [1.807, 2.05) is 18.2 Å². The molecular formula is C27H29N3O. The van der Waals surface area contributed by atoms with Gasteiger partial charge in [-0.2, -0.15) is 0 Å². The number of hydrogen-bond acceptors (Lipinski definition) is 3. The first-order valence-corrected chi connectivity index (χ1v) is 11.3. The lowest BCUT2D eigenvalue weighted by atomic mass is 9.83. The van der Waals surface area contributed by atoms with Crippen LogP contribution in [0.3, 0.4) is 0 Å². The maximum atomic E-state index is 13.3. The number of fused-ring (bicyclic) bond motifs is 3. The lowest BCUT2D eigenvalue weighted by molar-refractivity contribution is -0.125. The summed E-state index contributed by atoms with van der Waals surface area (Å²) < 4.78 is 0. The van der Waals surface area contributed by atoms with Gasteiger partial charge in [0, 0.05) is 37.6 Å². The predicted molar refractivity (Wildman–Crippen MR) is 127 cm³/mol. The molecule has 4 heteroatoms. The fraction of sp³-hybridized carbons (Fsp3) is 0.296. The first-order chi connectivity index (χ1) is 15.3. The second-order valence-electron chi connectivity index (χ2n) is 8.51. The molecule has 0 unspecified atom stereocenters. The molecule has 31 heavy (non-hydrogen) atoms. The SMILES string of the molecule is O=C(NCCc1ccccc1)[C@@H]1Cc2ccccc2N2CCN(c3ccccc3)C[C@@H]12. The molecule has 3 aromatic rings. The van der Waals surface area contributed by atoms with Crippen LogP contribution in [-0.4, -0.2) is 38.1 Å². The zero-order valence-corrected chi connectivity index (χ0v) is 17.8. The second-order valence-corrected chi connectivity index (χ2v) is 8.51. The zero-order chi connectivity index (χ0) is 21.0. The topological polar surface area (TPSA) is 35.6 Å². The largest absolute Gasteiger partial charge is 0.368 e. The summed E-state index contributed by atoms with van der Waals surface area (Å²) >= 11 is 0. The number of para-hydroxylation sites is 2.